The van der Waals surface area contributed by atoms with Gasteiger partial charge in [-0.15, -0.1) is 0 Å². The third-order valence-corrected chi connectivity index (χ3v) is 2.73. The van der Waals surface area contributed by atoms with E-state index in [1.807, 2.05) is 0 Å². The summed E-state index contributed by atoms with van der Waals surface area (Å²) in [5.74, 6) is 1.59. The molecule has 0 aromatic carbocycles. The van der Waals surface area contributed by atoms with Gasteiger partial charge in [-0.2, -0.15) is 0 Å². The Morgan fingerprint density at radius 3 is 2.20 bits per heavy atom. The summed E-state index contributed by atoms with van der Waals surface area (Å²) >= 11 is 0. The van der Waals surface area contributed by atoms with Crippen LogP contribution >= 0.6 is 0 Å². The fraction of sp³-hybridized carbons (Fsp3) is 1.00. The third kappa shape index (κ3) is 1.72. The summed E-state index contributed by atoms with van der Waals surface area (Å²) < 4.78 is 0. The molecule has 1 rings (SSSR count). The SMILES string of the molecule is CC(C)[C@@H]1CCCC[C@H]1N. The molecule has 1 aliphatic rings. The van der Waals surface area contributed by atoms with Crippen LogP contribution in [-0.4, -0.2) is 6.04 Å². The van der Waals surface area contributed by atoms with Crippen LogP contribution in [0.1, 0.15) is 39.5 Å². The Kier molecular flexibility index (Phi) is 2.72. The smallest absolute Gasteiger partial charge is 0.00696 e. The predicted octanol–water partition coefficient (Wildman–Crippen LogP) is 2.16. The van der Waals surface area contributed by atoms with Gasteiger partial charge in [0.05, 0.1) is 0 Å². The van der Waals surface area contributed by atoms with Crippen LogP contribution in [0.15, 0.2) is 0 Å². The number of nitrogens with two attached hydrogens (primary N) is 1. The van der Waals surface area contributed by atoms with E-state index in [1.165, 1.54) is 25.7 Å². The van der Waals surface area contributed by atoms with Gasteiger partial charge in [0.1, 0.15) is 0 Å². The molecule has 0 saturated heterocycles. The van der Waals surface area contributed by atoms with Crippen LogP contribution < -0.4 is 5.73 Å². The molecule has 1 heteroatoms. The van der Waals surface area contributed by atoms with Crippen molar-refractivity contribution in [3.63, 3.8) is 0 Å². The van der Waals surface area contributed by atoms with Crippen LogP contribution in [0.5, 0.6) is 0 Å². The first kappa shape index (κ1) is 8.06. The van der Waals surface area contributed by atoms with E-state index in [2.05, 4.69) is 13.8 Å². The summed E-state index contributed by atoms with van der Waals surface area (Å²) in [7, 11) is 0. The first-order valence-electron chi connectivity index (χ1n) is 4.47. The molecular weight excluding hydrogens is 122 g/mol. The second-order valence-corrected chi connectivity index (χ2v) is 3.86. The molecule has 0 radical (unpaired) electrons. The Balaban J connectivity index is 2.40. The maximum absolute atomic E-state index is 5.98. The van der Waals surface area contributed by atoms with Gasteiger partial charge in [-0.3, -0.25) is 0 Å². The van der Waals surface area contributed by atoms with Crippen LogP contribution in [0, 0.1) is 11.8 Å². The van der Waals surface area contributed by atoms with Gasteiger partial charge in [0.2, 0.25) is 0 Å². The minimum absolute atomic E-state index is 0.494. The molecule has 0 spiro atoms. The largest absolute Gasteiger partial charge is 0.327 e. The lowest BCUT2D eigenvalue weighted by Gasteiger charge is -2.31. The number of hydrogen-bond donors (Lipinski definition) is 1. The molecule has 0 aromatic rings. The Labute approximate surface area is 64.0 Å². The molecule has 1 nitrogen and oxygen atoms in total. The van der Waals surface area contributed by atoms with E-state index in [0.29, 0.717) is 6.04 Å². The fourth-order valence-electron chi connectivity index (χ4n) is 2.02. The van der Waals surface area contributed by atoms with Crippen molar-refractivity contribution in [3.05, 3.63) is 0 Å². The molecule has 1 aliphatic carbocycles. The standard InChI is InChI=1S/C9H19N/c1-7(2)8-5-3-4-6-9(8)10/h7-9H,3-6,10H2,1-2H3/t8-,9+/m0/s1. The molecule has 0 heterocycles. The Morgan fingerprint density at radius 2 is 1.80 bits per heavy atom. The highest BCUT2D eigenvalue weighted by Gasteiger charge is 2.23. The lowest BCUT2D eigenvalue weighted by molar-refractivity contribution is 0.240. The average Bonchev–Trinajstić information content (AvgIpc) is 1.88. The highest BCUT2D eigenvalue weighted by atomic mass is 14.7. The normalized spacial score (nSPS) is 34.8. The summed E-state index contributed by atoms with van der Waals surface area (Å²) in [6.07, 6.45) is 5.36. The minimum atomic E-state index is 0.494. The van der Waals surface area contributed by atoms with E-state index >= 15 is 0 Å². The molecule has 2 N–H and O–H groups in total. The van der Waals surface area contributed by atoms with Crippen molar-refractivity contribution in [1.82, 2.24) is 0 Å². The molecule has 10 heavy (non-hydrogen) atoms. The Morgan fingerprint density at radius 1 is 1.20 bits per heavy atom. The van der Waals surface area contributed by atoms with E-state index in [9.17, 15) is 0 Å². The number of hydrogen-bond acceptors (Lipinski definition) is 1. The average molecular weight is 141 g/mol. The minimum Gasteiger partial charge on any atom is -0.327 e. The van der Waals surface area contributed by atoms with E-state index in [1.54, 1.807) is 0 Å². The van der Waals surface area contributed by atoms with Crippen molar-refractivity contribution in [3.8, 4) is 0 Å². The monoisotopic (exact) mass is 141 g/mol. The number of rotatable bonds is 1. The van der Waals surface area contributed by atoms with E-state index < -0.39 is 0 Å². The van der Waals surface area contributed by atoms with Gasteiger partial charge < -0.3 is 5.73 Å². The molecular formula is C9H19N. The van der Waals surface area contributed by atoms with Gasteiger partial charge in [-0.1, -0.05) is 26.7 Å². The van der Waals surface area contributed by atoms with Crippen molar-refractivity contribution in [2.75, 3.05) is 0 Å². The van der Waals surface area contributed by atoms with E-state index in [-0.39, 0.29) is 0 Å². The summed E-state index contributed by atoms with van der Waals surface area (Å²) in [5, 5.41) is 0. The molecule has 2 atom stereocenters. The molecule has 0 aliphatic heterocycles. The quantitative estimate of drug-likeness (QED) is 0.595. The second kappa shape index (κ2) is 3.38. The summed E-state index contributed by atoms with van der Waals surface area (Å²) in [4.78, 5) is 0. The zero-order valence-corrected chi connectivity index (χ0v) is 7.14. The summed E-state index contributed by atoms with van der Waals surface area (Å²) in [6.45, 7) is 4.58. The predicted molar refractivity (Wildman–Crippen MR) is 44.8 cm³/mol. The molecule has 0 unspecified atom stereocenters. The van der Waals surface area contributed by atoms with Crippen LogP contribution in [0.4, 0.5) is 0 Å². The molecule has 1 fully saturated rings. The molecule has 0 amide bonds. The third-order valence-electron chi connectivity index (χ3n) is 2.73. The van der Waals surface area contributed by atoms with Crippen LogP contribution in [0.2, 0.25) is 0 Å². The van der Waals surface area contributed by atoms with Crippen LogP contribution in [0.3, 0.4) is 0 Å². The zero-order valence-electron chi connectivity index (χ0n) is 7.14. The van der Waals surface area contributed by atoms with Crippen molar-refractivity contribution < 1.29 is 0 Å². The molecule has 1 saturated carbocycles. The van der Waals surface area contributed by atoms with Gasteiger partial charge in [-0.05, 0) is 24.7 Å². The summed E-state index contributed by atoms with van der Waals surface area (Å²) in [5.41, 5.74) is 5.98. The van der Waals surface area contributed by atoms with E-state index in [0.717, 1.165) is 11.8 Å². The van der Waals surface area contributed by atoms with Crippen LogP contribution in [-0.2, 0) is 0 Å². The van der Waals surface area contributed by atoms with Crippen molar-refractivity contribution in [2.45, 2.75) is 45.6 Å². The van der Waals surface area contributed by atoms with Crippen LogP contribution in [0.25, 0.3) is 0 Å². The Hall–Kier alpha value is -0.0400. The van der Waals surface area contributed by atoms with Gasteiger partial charge in [0.25, 0.3) is 0 Å². The highest BCUT2D eigenvalue weighted by molar-refractivity contribution is 4.79. The first-order valence-corrected chi connectivity index (χ1v) is 4.47. The second-order valence-electron chi connectivity index (χ2n) is 3.86. The summed E-state index contributed by atoms with van der Waals surface area (Å²) in [6, 6.07) is 0.494. The van der Waals surface area contributed by atoms with Crippen molar-refractivity contribution in [1.29, 1.82) is 0 Å². The lowest BCUT2D eigenvalue weighted by atomic mass is 9.78. The topological polar surface area (TPSA) is 26.0 Å². The lowest BCUT2D eigenvalue weighted by Crippen LogP contribution is -2.35. The van der Waals surface area contributed by atoms with Gasteiger partial charge >= 0.3 is 0 Å². The maximum atomic E-state index is 5.98. The zero-order chi connectivity index (χ0) is 7.56. The van der Waals surface area contributed by atoms with Gasteiger partial charge in [0, 0.05) is 6.04 Å². The van der Waals surface area contributed by atoms with Crippen molar-refractivity contribution in [2.24, 2.45) is 17.6 Å². The molecule has 0 aromatic heterocycles. The van der Waals surface area contributed by atoms with E-state index in [4.69, 9.17) is 5.73 Å². The van der Waals surface area contributed by atoms with Gasteiger partial charge in [-0.25, -0.2) is 0 Å². The van der Waals surface area contributed by atoms with Crippen molar-refractivity contribution >= 4 is 0 Å². The molecule has 60 valence electrons. The first-order chi connectivity index (χ1) is 4.72. The Bertz CT molecular complexity index is 98.9. The maximum Gasteiger partial charge on any atom is 0.00696 e. The fourth-order valence-corrected chi connectivity index (χ4v) is 2.02. The molecule has 0 bridgehead atoms. The highest BCUT2D eigenvalue weighted by Crippen LogP contribution is 2.28. The van der Waals surface area contributed by atoms with Gasteiger partial charge in [0.15, 0.2) is 0 Å².